The highest BCUT2D eigenvalue weighted by molar-refractivity contribution is 5.77. The largest absolute Gasteiger partial charge is 0.465 e. The highest BCUT2D eigenvalue weighted by Gasteiger charge is 2.20. The summed E-state index contributed by atoms with van der Waals surface area (Å²) in [5.41, 5.74) is 0.939. The molecule has 0 aliphatic rings. The zero-order valence-corrected chi connectivity index (χ0v) is 13.3. The summed E-state index contributed by atoms with van der Waals surface area (Å²) >= 11 is 0. The summed E-state index contributed by atoms with van der Waals surface area (Å²) in [4.78, 5) is 12.0. The number of esters is 1. The molecule has 118 valence electrons. The number of hydrogen-bond donors (Lipinski definition) is 1. The third kappa shape index (κ3) is 7.25. The smallest absolute Gasteiger partial charge is 0.327 e. The first-order valence-corrected chi connectivity index (χ1v) is 7.71. The molecule has 1 aromatic rings. The van der Waals surface area contributed by atoms with Crippen LogP contribution in [0.3, 0.4) is 0 Å². The number of hydrogen-bond acceptors (Lipinski definition) is 4. The highest BCUT2D eigenvalue weighted by atomic mass is 16.5. The molecular formula is C17H27NO3. The van der Waals surface area contributed by atoms with Crippen LogP contribution in [-0.4, -0.2) is 31.8 Å². The van der Waals surface area contributed by atoms with E-state index in [4.69, 9.17) is 9.47 Å². The van der Waals surface area contributed by atoms with Crippen LogP contribution in [0.15, 0.2) is 30.3 Å². The standard InChI is InChI=1S/C17H27NO3/c1-4-20-17(19)16(15-10-6-5-7-11-15)18-12-8-9-13-21-14(2)3/h5-7,10-11,14,16,18H,4,8-9,12-13H2,1-3H3. The van der Waals surface area contributed by atoms with Gasteiger partial charge in [0.1, 0.15) is 6.04 Å². The van der Waals surface area contributed by atoms with Crippen molar-refractivity contribution in [2.24, 2.45) is 0 Å². The number of rotatable bonds is 10. The Kier molecular flexibility index (Phi) is 8.71. The molecule has 0 aliphatic carbocycles. The lowest BCUT2D eigenvalue weighted by molar-refractivity contribution is -0.145. The molecule has 0 radical (unpaired) electrons. The van der Waals surface area contributed by atoms with E-state index in [0.717, 1.165) is 31.6 Å². The van der Waals surface area contributed by atoms with Gasteiger partial charge in [-0.05, 0) is 45.7 Å². The Morgan fingerprint density at radius 1 is 1.19 bits per heavy atom. The number of nitrogens with one attached hydrogen (secondary N) is 1. The van der Waals surface area contributed by atoms with Gasteiger partial charge < -0.3 is 14.8 Å². The molecule has 0 bridgehead atoms. The maximum Gasteiger partial charge on any atom is 0.327 e. The summed E-state index contributed by atoms with van der Waals surface area (Å²) in [6.45, 7) is 7.80. The Hall–Kier alpha value is -1.39. The van der Waals surface area contributed by atoms with Crippen LogP contribution >= 0.6 is 0 Å². The predicted molar refractivity (Wildman–Crippen MR) is 84.1 cm³/mol. The van der Waals surface area contributed by atoms with Gasteiger partial charge in [-0.25, -0.2) is 4.79 Å². The summed E-state index contributed by atoms with van der Waals surface area (Å²) in [7, 11) is 0. The van der Waals surface area contributed by atoms with E-state index in [9.17, 15) is 4.79 Å². The first kappa shape index (κ1) is 17.7. The van der Waals surface area contributed by atoms with E-state index in [-0.39, 0.29) is 12.1 Å². The van der Waals surface area contributed by atoms with Crippen molar-refractivity contribution < 1.29 is 14.3 Å². The number of carbonyl (C=O) groups is 1. The van der Waals surface area contributed by atoms with Crippen molar-refractivity contribution in [2.45, 2.75) is 45.8 Å². The van der Waals surface area contributed by atoms with E-state index in [2.05, 4.69) is 5.32 Å². The van der Waals surface area contributed by atoms with Gasteiger partial charge in [-0.15, -0.1) is 0 Å². The molecule has 0 heterocycles. The van der Waals surface area contributed by atoms with Crippen LogP contribution in [0.25, 0.3) is 0 Å². The van der Waals surface area contributed by atoms with Crippen molar-refractivity contribution in [3.8, 4) is 0 Å². The van der Waals surface area contributed by atoms with E-state index in [1.54, 1.807) is 0 Å². The monoisotopic (exact) mass is 293 g/mol. The number of unbranched alkanes of at least 4 members (excludes halogenated alkanes) is 1. The fourth-order valence-corrected chi connectivity index (χ4v) is 2.00. The summed E-state index contributed by atoms with van der Waals surface area (Å²) < 4.78 is 10.6. The second kappa shape index (κ2) is 10.4. The average molecular weight is 293 g/mol. The molecule has 0 saturated heterocycles. The third-order valence-corrected chi connectivity index (χ3v) is 3.03. The zero-order valence-electron chi connectivity index (χ0n) is 13.3. The van der Waals surface area contributed by atoms with E-state index in [1.165, 1.54) is 0 Å². The van der Waals surface area contributed by atoms with Gasteiger partial charge in [0.05, 0.1) is 12.7 Å². The summed E-state index contributed by atoms with van der Waals surface area (Å²) in [5, 5.41) is 3.28. The lowest BCUT2D eigenvalue weighted by Crippen LogP contribution is -2.31. The predicted octanol–water partition coefficient (Wildman–Crippen LogP) is 3.09. The normalized spacial score (nSPS) is 12.4. The first-order valence-electron chi connectivity index (χ1n) is 7.71. The minimum atomic E-state index is -0.392. The minimum Gasteiger partial charge on any atom is -0.465 e. The van der Waals surface area contributed by atoms with Gasteiger partial charge in [0, 0.05) is 6.61 Å². The molecule has 1 unspecified atom stereocenters. The summed E-state index contributed by atoms with van der Waals surface area (Å²) in [6, 6.07) is 9.29. The second-order valence-corrected chi connectivity index (χ2v) is 5.18. The maximum atomic E-state index is 12.0. The van der Waals surface area contributed by atoms with Gasteiger partial charge in [-0.1, -0.05) is 30.3 Å². The van der Waals surface area contributed by atoms with Crippen molar-refractivity contribution in [3.63, 3.8) is 0 Å². The van der Waals surface area contributed by atoms with Crippen LogP contribution < -0.4 is 5.32 Å². The molecule has 0 fully saturated rings. The van der Waals surface area contributed by atoms with Gasteiger partial charge in [0.15, 0.2) is 0 Å². The third-order valence-electron chi connectivity index (χ3n) is 3.03. The van der Waals surface area contributed by atoms with Crippen molar-refractivity contribution in [1.29, 1.82) is 0 Å². The minimum absolute atomic E-state index is 0.220. The van der Waals surface area contributed by atoms with E-state index in [0.29, 0.717) is 6.61 Å². The molecule has 1 rings (SSSR count). The van der Waals surface area contributed by atoms with Gasteiger partial charge in [0.25, 0.3) is 0 Å². The average Bonchev–Trinajstić information content (AvgIpc) is 2.47. The molecule has 0 amide bonds. The van der Waals surface area contributed by atoms with Crippen molar-refractivity contribution >= 4 is 5.97 Å². The molecule has 1 aromatic carbocycles. The number of carbonyl (C=O) groups excluding carboxylic acids is 1. The zero-order chi connectivity index (χ0) is 15.5. The van der Waals surface area contributed by atoms with Gasteiger partial charge in [-0.3, -0.25) is 0 Å². The molecule has 0 aromatic heterocycles. The Balaban J connectivity index is 2.42. The highest BCUT2D eigenvalue weighted by Crippen LogP contribution is 2.14. The van der Waals surface area contributed by atoms with Crippen LogP contribution in [-0.2, 0) is 14.3 Å². The first-order chi connectivity index (χ1) is 10.1. The lowest BCUT2D eigenvalue weighted by atomic mass is 10.1. The Labute approximate surface area is 127 Å². The molecule has 21 heavy (non-hydrogen) atoms. The fourth-order valence-electron chi connectivity index (χ4n) is 2.00. The van der Waals surface area contributed by atoms with Crippen LogP contribution in [0.1, 0.15) is 45.2 Å². The summed E-state index contributed by atoms with van der Waals surface area (Å²) in [5.74, 6) is -0.220. The van der Waals surface area contributed by atoms with Gasteiger partial charge in [0.2, 0.25) is 0 Å². The Morgan fingerprint density at radius 3 is 2.52 bits per heavy atom. The maximum absolute atomic E-state index is 12.0. The molecule has 0 saturated carbocycles. The van der Waals surface area contributed by atoms with Gasteiger partial charge >= 0.3 is 5.97 Å². The van der Waals surface area contributed by atoms with E-state index < -0.39 is 6.04 Å². The van der Waals surface area contributed by atoms with Crippen molar-refractivity contribution in [1.82, 2.24) is 5.32 Å². The second-order valence-electron chi connectivity index (χ2n) is 5.18. The van der Waals surface area contributed by atoms with Crippen LogP contribution in [0.5, 0.6) is 0 Å². The molecule has 1 atom stereocenters. The van der Waals surface area contributed by atoms with Gasteiger partial charge in [-0.2, -0.15) is 0 Å². The molecule has 4 heteroatoms. The van der Waals surface area contributed by atoms with E-state index in [1.807, 2.05) is 51.1 Å². The molecule has 0 spiro atoms. The number of ether oxygens (including phenoxy) is 2. The van der Waals surface area contributed by atoms with Crippen LogP contribution in [0.4, 0.5) is 0 Å². The molecule has 0 aliphatic heterocycles. The molecule has 1 N–H and O–H groups in total. The van der Waals surface area contributed by atoms with Crippen LogP contribution in [0, 0.1) is 0 Å². The quantitative estimate of drug-likeness (QED) is 0.532. The lowest BCUT2D eigenvalue weighted by Gasteiger charge is -2.17. The Morgan fingerprint density at radius 2 is 1.90 bits per heavy atom. The SMILES string of the molecule is CCOC(=O)C(NCCCCOC(C)C)c1ccccc1. The van der Waals surface area contributed by atoms with Crippen LogP contribution in [0.2, 0.25) is 0 Å². The fraction of sp³-hybridized carbons (Fsp3) is 0.588. The number of benzene rings is 1. The van der Waals surface area contributed by atoms with Crippen molar-refractivity contribution in [2.75, 3.05) is 19.8 Å². The van der Waals surface area contributed by atoms with Crippen molar-refractivity contribution in [3.05, 3.63) is 35.9 Å². The molecular weight excluding hydrogens is 266 g/mol. The molecule has 4 nitrogen and oxygen atoms in total. The Bertz CT molecular complexity index is 392. The topological polar surface area (TPSA) is 47.6 Å². The summed E-state index contributed by atoms with van der Waals surface area (Å²) in [6.07, 6.45) is 2.22. The van der Waals surface area contributed by atoms with E-state index >= 15 is 0 Å².